The maximum absolute atomic E-state index is 5.53. The van der Waals surface area contributed by atoms with E-state index in [2.05, 4.69) is 25.2 Å². The fourth-order valence-corrected chi connectivity index (χ4v) is 2.64. The summed E-state index contributed by atoms with van der Waals surface area (Å²) in [5, 5.41) is 3.57. The Bertz CT molecular complexity index is 409. The first-order chi connectivity index (χ1) is 8.10. The zero-order chi connectivity index (χ0) is 12.5. The zero-order valence-corrected chi connectivity index (χ0v) is 11.1. The Hall–Kier alpha value is -1.22. The van der Waals surface area contributed by atoms with Crippen molar-refractivity contribution in [2.45, 2.75) is 32.2 Å². The van der Waals surface area contributed by atoms with Crippen LogP contribution >= 0.6 is 0 Å². The van der Waals surface area contributed by atoms with Crippen LogP contribution in [-0.4, -0.2) is 20.8 Å². The number of benzene rings is 1. The van der Waals surface area contributed by atoms with Crippen LogP contribution in [0.3, 0.4) is 0 Å². The molecule has 0 saturated carbocycles. The maximum Gasteiger partial charge on any atom is 0.165 e. The van der Waals surface area contributed by atoms with E-state index in [1.165, 1.54) is 17.5 Å². The van der Waals surface area contributed by atoms with Crippen LogP contribution in [0.15, 0.2) is 12.1 Å². The lowest BCUT2D eigenvalue weighted by Gasteiger charge is -2.28. The largest absolute Gasteiger partial charge is 0.493 e. The van der Waals surface area contributed by atoms with Crippen LogP contribution in [0.25, 0.3) is 0 Å². The number of hydrogen-bond acceptors (Lipinski definition) is 3. The van der Waals surface area contributed by atoms with Crippen LogP contribution in [0.2, 0.25) is 0 Å². The van der Waals surface area contributed by atoms with Gasteiger partial charge in [-0.15, -0.1) is 0 Å². The van der Waals surface area contributed by atoms with Crippen molar-refractivity contribution in [3.63, 3.8) is 0 Å². The molecule has 1 aromatic rings. The Labute approximate surface area is 103 Å². The smallest absolute Gasteiger partial charge is 0.165 e. The van der Waals surface area contributed by atoms with E-state index in [1.807, 2.05) is 6.07 Å². The van der Waals surface area contributed by atoms with Gasteiger partial charge in [0.15, 0.2) is 11.5 Å². The summed E-state index contributed by atoms with van der Waals surface area (Å²) >= 11 is 0. The number of ether oxygens (including phenoxy) is 2. The lowest BCUT2D eigenvalue weighted by atomic mass is 9.88. The van der Waals surface area contributed by atoms with Crippen LogP contribution in [0.1, 0.15) is 30.9 Å². The van der Waals surface area contributed by atoms with Crippen molar-refractivity contribution in [1.82, 2.24) is 5.32 Å². The fourth-order valence-electron chi connectivity index (χ4n) is 2.64. The van der Waals surface area contributed by atoms with Gasteiger partial charge in [-0.05, 0) is 44.9 Å². The molecule has 1 atom stereocenters. The fraction of sp³-hybridized carbons (Fsp3) is 0.571. The average Bonchev–Trinajstić information content (AvgIpc) is 2.76. The van der Waals surface area contributed by atoms with Crippen LogP contribution < -0.4 is 14.8 Å². The molecule has 1 aliphatic rings. The lowest BCUT2D eigenvalue weighted by molar-refractivity contribution is 0.333. The van der Waals surface area contributed by atoms with Gasteiger partial charge in [0, 0.05) is 11.1 Å². The third-order valence-electron chi connectivity index (χ3n) is 3.59. The van der Waals surface area contributed by atoms with Crippen LogP contribution in [-0.2, 0) is 5.54 Å². The van der Waals surface area contributed by atoms with Gasteiger partial charge in [0.25, 0.3) is 0 Å². The molecule has 0 amide bonds. The van der Waals surface area contributed by atoms with Crippen LogP contribution in [0, 0.1) is 6.92 Å². The minimum Gasteiger partial charge on any atom is -0.493 e. The Morgan fingerprint density at radius 2 is 2.00 bits per heavy atom. The number of aryl methyl sites for hydroxylation is 1. The van der Waals surface area contributed by atoms with E-state index < -0.39 is 0 Å². The molecule has 1 saturated heterocycles. The van der Waals surface area contributed by atoms with E-state index in [0.29, 0.717) is 0 Å². The SMILES string of the molecule is COc1cc(C)cc(C2(C)CCCN2)c1OC. The highest BCUT2D eigenvalue weighted by Gasteiger charge is 2.34. The molecule has 0 aromatic heterocycles. The minimum absolute atomic E-state index is 0.00461. The molecule has 1 heterocycles. The predicted molar refractivity (Wildman–Crippen MR) is 68.9 cm³/mol. The van der Waals surface area contributed by atoms with Crippen molar-refractivity contribution in [1.29, 1.82) is 0 Å². The molecular formula is C14H21NO2. The molecule has 3 heteroatoms. The summed E-state index contributed by atoms with van der Waals surface area (Å²) in [4.78, 5) is 0. The first-order valence-electron chi connectivity index (χ1n) is 6.09. The Morgan fingerprint density at radius 3 is 2.53 bits per heavy atom. The monoisotopic (exact) mass is 235 g/mol. The van der Waals surface area contributed by atoms with E-state index >= 15 is 0 Å². The van der Waals surface area contributed by atoms with Gasteiger partial charge >= 0.3 is 0 Å². The van der Waals surface area contributed by atoms with Gasteiger partial charge in [-0.2, -0.15) is 0 Å². The average molecular weight is 235 g/mol. The van der Waals surface area contributed by atoms with Gasteiger partial charge in [-0.1, -0.05) is 6.07 Å². The number of rotatable bonds is 3. The van der Waals surface area contributed by atoms with Crippen LogP contribution in [0.5, 0.6) is 11.5 Å². The topological polar surface area (TPSA) is 30.5 Å². The predicted octanol–water partition coefficient (Wildman–Crippen LogP) is 2.61. The third-order valence-corrected chi connectivity index (χ3v) is 3.59. The standard InChI is InChI=1S/C14H21NO2/c1-10-8-11(14(2)6-5-7-15-14)13(17-4)12(9-10)16-3/h8-9,15H,5-7H2,1-4H3. The molecule has 1 aliphatic heterocycles. The van der Waals surface area contributed by atoms with E-state index in [0.717, 1.165) is 24.5 Å². The third kappa shape index (κ3) is 2.12. The molecule has 1 unspecified atom stereocenters. The summed E-state index contributed by atoms with van der Waals surface area (Å²) < 4.78 is 10.9. The molecular weight excluding hydrogens is 214 g/mol. The summed E-state index contributed by atoms with van der Waals surface area (Å²) in [6.07, 6.45) is 2.34. The lowest BCUT2D eigenvalue weighted by Crippen LogP contribution is -2.33. The van der Waals surface area contributed by atoms with Gasteiger partial charge in [-0.3, -0.25) is 0 Å². The van der Waals surface area contributed by atoms with Gasteiger partial charge in [-0.25, -0.2) is 0 Å². The normalized spacial score (nSPS) is 23.8. The van der Waals surface area contributed by atoms with Crippen molar-refractivity contribution in [2.24, 2.45) is 0 Å². The molecule has 94 valence electrons. The van der Waals surface area contributed by atoms with Gasteiger partial charge in [0.2, 0.25) is 0 Å². The van der Waals surface area contributed by atoms with Crippen molar-refractivity contribution in [3.05, 3.63) is 23.3 Å². The van der Waals surface area contributed by atoms with E-state index in [9.17, 15) is 0 Å². The molecule has 0 aliphatic carbocycles. The number of hydrogen-bond donors (Lipinski definition) is 1. The van der Waals surface area contributed by atoms with Crippen LogP contribution in [0.4, 0.5) is 0 Å². The number of methoxy groups -OCH3 is 2. The summed E-state index contributed by atoms with van der Waals surface area (Å²) in [6.45, 7) is 5.39. The van der Waals surface area contributed by atoms with Crippen molar-refractivity contribution >= 4 is 0 Å². The van der Waals surface area contributed by atoms with E-state index in [-0.39, 0.29) is 5.54 Å². The highest BCUT2D eigenvalue weighted by molar-refractivity contribution is 5.52. The van der Waals surface area contributed by atoms with Gasteiger partial charge in [0.1, 0.15) is 0 Å². The summed E-state index contributed by atoms with van der Waals surface area (Å²) in [5.41, 5.74) is 2.41. The Kier molecular flexibility index (Phi) is 3.29. The Balaban J connectivity index is 2.55. The minimum atomic E-state index is 0.00461. The summed E-state index contributed by atoms with van der Waals surface area (Å²) in [5.74, 6) is 1.67. The number of nitrogens with one attached hydrogen (secondary N) is 1. The maximum atomic E-state index is 5.53. The highest BCUT2D eigenvalue weighted by atomic mass is 16.5. The molecule has 2 rings (SSSR count). The molecule has 0 spiro atoms. The summed E-state index contributed by atoms with van der Waals surface area (Å²) in [6, 6.07) is 4.21. The van der Waals surface area contributed by atoms with Crippen molar-refractivity contribution in [3.8, 4) is 11.5 Å². The second-order valence-corrected chi connectivity index (χ2v) is 4.91. The zero-order valence-electron chi connectivity index (χ0n) is 11.1. The molecule has 1 aromatic carbocycles. The molecule has 1 fully saturated rings. The molecule has 3 nitrogen and oxygen atoms in total. The molecule has 17 heavy (non-hydrogen) atoms. The second kappa shape index (κ2) is 4.57. The first kappa shape index (κ1) is 12.2. The van der Waals surface area contributed by atoms with Crippen molar-refractivity contribution in [2.75, 3.05) is 20.8 Å². The highest BCUT2D eigenvalue weighted by Crippen LogP contribution is 2.42. The molecule has 1 N–H and O–H groups in total. The Morgan fingerprint density at radius 1 is 1.24 bits per heavy atom. The van der Waals surface area contributed by atoms with E-state index in [1.54, 1.807) is 14.2 Å². The second-order valence-electron chi connectivity index (χ2n) is 4.91. The van der Waals surface area contributed by atoms with Gasteiger partial charge in [0.05, 0.1) is 14.2 Å². The first-order valence-corrected chi connectivity index (χ1v) is 6.09. The quantitative estimate of drug-likeness (QED) is 0.873. The molecule has 0 radical (unpaired) electrons. The van der Waals surface area contributed by atoms with Gasteiger partial charge < -0.3 is 14.8 Å². The summed E-state index contributed by atoms with van der Waals surface area (Å²) in [7, 11) is 3.39. The van der Waals surface area contributed by atoms with Crippen molar-refractivity contribution < 1.29 is 9.47 Å². The van der Waals surface area contributed by atoms with E-state index in [4.69, 9.17) is 9.47 Å². The molecule has 0 bridgehead atoms.